The summed E-state index contributed by atoms with van der Waals surface area (Å²) in [5.41, 5.74) is 2.27. The highest BCUT2D eigenvalue weighted by molar-refractivity contribution is 5.40. The Balaban J connectivity index is 1.96. The van der Waals surface area contributed by atoms with Crippen LogP contribution in [0.25, 0.3) is 0 Å². The molecule has 1 aromatic carbocycles. The highest BCUT2D eigenvalue weighted by atomic mass is 16.3. The maximum Gasteiger partial charge on any atom is 0.119 e. The second kappa shape index (κ2) is 8.57. The van der Waals surface area contributed by atoms with Crippen molar-refractivity contribution in [2.45, 2.75) is 89.6 Å². The number of aliphatic hydroxyl groups is 1. The largest absolute Gasteiger partial charge is 0.508 e. The zero-order valence-corrected chi connectivity index (χ0v) is 14.2. The molecule has 2 N–H and O–H groups in total. The van der Waals surface area contributed by atoms with Gasteiger partial charge < -0.3 is 10.2 Å². The Kier molecular flexibility index (Phi) is 6.75. The van der Waals surface area contributed by atoms with E-state index in [1.807, 2.05) is 6.07 Å². The third-order valence-corrected chi connectivity index (χ3v) is 5.20. The summed E-state index contributed by atoms with van der Waals surface area (Å²) < 4.78 is 0. The molecule has 1 aliphatic carbocycles. The van der Waals surface area contributed by atoms with Crippen LogP contribution in [0.15, 0.2) is 18.2 Å². The summed E-state index contributed by atoms with van der Waals surface area (Å²) in [6, 6.07) is 6.23. The van der Waals surface area contributed by atoms with Gasteiger partial charge in [0.1, 0.15) is 5.75 Å². The minimum atomic E-state index is -0.199. The number of rotatable bonds is 7. The van der Waals surface area contributed by atoms with Crippen LogP contribution in [0.3, 0.4) is 0 Å². The van der Waals surface area contributed by atoms with Crippen molar-refractivity contribution in [2.24, 2.45) is 0 Å². The van der Waals surface area contributed by atoms with Crippen molar-refractivity contribution in [3.8, 4) is 5.75 Å². The van der Waals surface area contributed by atoms with E-state index in [4.69, 9.17) is 0 Å². The van der Waals surface area contributed by atoms with E-state index in [-0.39, 0.29) is 6.10 Å². The van der Waals surface area contributed by atoms with Crippen LogP contribution >= 0.6 is 0 Å². The summed E-state index contributed by atoms with van der Waals surface area (Å²) >= 11 is 0. The fraction of sp³-hybridized carbons (Fsp3) is 0.700. The van der Waals surface area contributed by atoms with E-state index in [1.165, 1.54) is 37.7 Å². The Labute approximate surface area is 135 Å². The van der Waals surface area contributed by atoms with Crippen LogP contribution in [-0.4, -0.2) is 16.3 Å². The number of hydrogen-bond acceptors (Lipinski definition) is 2. The van der Waals surface area contributed by atoms with Gasteiger partial charge >= 0.3 is 0 Å². The Morgan fingerprint density at radius 3 is 2.68 bits per heavy atom. The predicted octanol–water partition coefficient (Wildman–Crippen LogP) is 5.48. The molecule has 2 rings (SSSR count). The zero-order valence-electron chi connectivity index (χ0n) is 14.2. The number of phenols is 1. The van der Waals surface area contributed by atoms with Gasteiger partial charge in [-0.05, 0) is 54.7 Å². The first-order valence-electron chi connectivity index (χ1n) is 9.12. The van der Waals surface area contributed by atoms with Gasteiger partial charge in [-0.1, -0.05) is 58.1 Å². The van der Waals surface area contributed by atoms with Gasteiger partial charge in [0.25, 0.3) is 0 Å². The molecule has 3 atom stereocenters. The molecule has 0 spiro atoms. The van der Waals surface area contributed by atoms with Crippen molar-refractivity contribution in [3.05, 3.63) is 29.3 Å². The Hall–Kier alpha value is -1.02. The van der Waals surface area contributed by atoms with Gasteiger partial charge in [-0.3, -0.25) is 0 Å². The lowest BCUT2D eigenvalue weighted by atomic mass is 9.81. The molecule has 1 saturated carbocycles. The summed E-state index contributed by atoms with van der Waals surface area (Å²) in [6.45, 7) is 4.49. The Morgan fingerprint density at radius 2 is 2.00 bits per heavy atom. The second-order valence-corrected chi connectivity index (χ2v) is 7.09. The van der Waals surface area contributed by atoms with Crippen molar-refractivity contribution in [1.29, 1.82) is 0 Å². The van der Waals surface area contributed by atoms with Crippen molar-refractivity contribution in [1.82, 2.24) is 0 Å². The van der Waals surface area contributed by atoms with Gasteiger partial charge in [-0.15, -0.1) is 0 Å². The number of aliphatic hydroxyl groups excluding tert-OH is 1. The number of phenolic OH excluding ortho intramolecular Hbond substituents is 1. The SMILES string of the molecule is CCCCCCC(C)c1ccc([C@H]2CCC[C@@H](O)C2)c(O)c1. The van der Waals surface area contributed by atoms with Crippen LogP contribution in [0.1, 0.15) is 94.6 Å². The molecule has 2 nitrogen and oxygen atoms in total. The average molecular weight is 304 g/mol. The molecule has 0 aliphatic heterocycles. The Bertz CT molecular complexity index is 455. The highest BCUT2D eigenvalue weighted by Gasteiger charge is 2.24. The standard InChI is InChI=1S/C20H32O2/c1-3-4-5-6-8-15(2)16-11-12-19(20(22)14-16)17-9-7-10-18(21)13-17/h11-12,14-15,17-18,21-22H,3-10,13H2,1-2H3/t15?,17-,18+/m0/s1. The molecule has 2 heteroatoms. The first-order chi connectivity index (χ1) is 10.6. The quantitative estimate of drug-likeness (QED) is 0.654. The smallest absolute Gasteiger partial charge is 0.119 e. The van der Waals surface area contributed by atoms with Gasteiger partial charge in [0.2, 0.25) is 0 Å². The van der Waals surface area contributed by atoms with Gasteiger partial charge in [-0.2, -0.15) is 0 Å². The molecule has 0 heterocycles. The molecular weight excluding hydrogens is 272 g/mol. The van der Waals surface area contributed by atoms with Gasteiger partial charge in [0, 0.05) is 0 Å². The van der Waals surface area contributed by atoms with E-state index < -0.39 is 0 Å². The van der Waals surface area contributed by atoms with Crippen LogP contribution in [0.2, 0.25) is 0 Å². The molecule has 22 heavy (non-hydrogen) atoms. The van der Waals surface area contributed by atoms with Crippen molar-refractivity contribution >= 4 is 0 Å². The fourth-order valence-corrected chi connectivity index (χ4v) is 3.70. The topological polar surface area (TPSA) is 40.5 Å². The summed E-state index contributed by atoms with van der Waals surface area (Å²) in [5, 5.41) is 20.2. The lowest BCUT2D eigenvalue weighted by Crippen LogP contribution is -2.18. The van der Waals surface area contributed by atoms with E-state index in [2.05, 4.69) is 26.0 Å². The monoisotopic (exact) mass is 304 g/mol. The van der Waals surface area contributed by atoms with E-state index in [9.17, 15) is 10.2 Å². The molecular formula is C20H32O2. The van der Waals surface area contributed by atoms with E-state index in [0.29, 0.717) is 17.6 Å². The normalized spacial score (nSPS) is 23.4. The number of benzene rings is 1. The van der Waals surface area contributed by atoms with Crippen molar-refractivity contribution in [3.63, 3.8) is 0 Å². The van der Waals surface area contributed by atoms with Gasteiger partial charge in [0.05, 0.1) is 6.10 Å². The van der Waals surface area contributed by atoms with Crippen molar-refractivity contribution in [2.75, 3.05) is 0 Å². The molecule has 1 unspecified atom stereocenters. The maximum atomic E-state index is 10.4. The first kappa shape index (κ1) is 17.3. The molecule has 124 valence electrons. The maximum absolute atomic E-state index is 10.4. The number of aromatic hydroxyl groups is 1. The van der Waals surface area contributed by atoms with Crippen molar-refractivity contribution < 1.29 is 10.2 Å². The van der Waals surface area contributed by atoms with Crippen LogP contribution in [0, 0.1) is 0 Å². The average Bonchev–Trinajstić information content (AvgIpc) is 2.51. The van der Waals surface area contributed by atoms with E-state index >= 15 is 0 Å². The third-order valence-electron chi connectivity index (χ3n) is 5.20. The minimum absolute atomic E-state index is 0.199. The lowest BCUT2D eigenvalue weighted by molar-refractivity contribution is 0.119. The summed E-state index contributed by atoms with van der Waals surface area (Å²) in [6.07, 6.45) is 10.0. The molecule has 0 radical (unpaired) electrons. The predicted molar refractivity (Wildman–Crippen MR) is 92.5 cm³/mol. The molecule has 0 amide bonds. The molecule has 1 fully saturated rings. The van der Waals surface area contributed by atoms with Gasteiger partial charge in [0.15, 0.2) is 0 Å². The van der Waals surface area contributed by atoms with Crippen LogP contribution in [0.4, 0.5) is 0 Å². The summed E-state index contributed by atoms with van der Waals surface area (Å²) in [7, 11) is 0. The molecule has 1 aromatic rings. The molecule has 0 aromatic heterocycles. The van der Waals surface area contributed by atoms with Crippen LogP contribution in [0.5, 0.6) is 5.75 Å². The fourth-order valence-electron chi connectivity index (χ4n) is 3.70. The molecule has 0 bridgehead atoms. The third kappa shape index (κ3) is 4.74. The highest BCUT2D eigenvalue weighted by Crippen LogP contribution is 2.38. The number of unbranched alkanes of at least 4 members (excludes halogenated alkanes) is 3. The van der Waals surface area contributed by atoms with Crippen LogP contribution in [-0.2, 0) is 0 Å². The van der Waals surface area contributed by atoms with Gasteiger partial charge in [-0.25, -0.2) is 0 Å². The minimum Gasteiger partial charge on any atom is -0.508 e. The van der Waals surface area contributed by atoms with Crippen LogP contribution < -0.4 is 0 Å². The zero-order chi connectivity index (χ0) is 15.9. The van der Waals surface area contributed by atoms with E-state index in [0.717, 1.165) is 31.2 Å². The summed E-state index contributed by atoms with van der Waals surface area (Å²) in [4.78, 5) is 0. The number of hydrogen-bond donors (Lipinski definition) is 2. The first-order valence-corrected chi connectivity index (χ1v) is 9.12. The second-order valence-electron chi connectivity index (χ2n) is 7.09. The molecule has 1 aliphatic rings. The Morgan fingerprint density at radius 1 is 1.18 bits per heavy atom. The van der Waals surface area contributed by atoms with E-state index in [1.54, 1.807) is 0 Å². The summed E-state index contributed by atoms with van der Waals surface area (Å²) in [5.74, 6) is 1.25. The lowest BCUT2D eigenvalue weighted by Gasteiger charge is -2.27. The molecule has 0 saturated heterocycles.